The van der Waals surface area contributed by atoms with E-state index in [-0.39, 0.29) is 30.3 Å². The fourth-order valence-electron chi connectivity index (χ4n) is 3.41. The molecule has 0 aliphatic carbocycles. The molecule has 5 unspecified atom stereocenters. The van der Waals surface area contributed by atoms with Crippen LogP contribution < -0.4 is 21.7 Å². The first kappa shape index (κ1) is 29.6. The van der Waals surface area contributed by atoms with E-state index in [4.69, 9.17) is 5.73 Å². The highest BCUT2D eigenvalue weighted by Crippen LogP contribution is 2.13. The van der Waals surface area contributed by atoms with Crippen molar-refractivity contribution in [3.8, 4) is 5.75 Å². The van der Waals surface area contributed by atoms with Gasteiger partial charge in [-0.1, -0.05) is 32.4 Å². The molecule has 0 aliphatic heterocycles. The van der Waals surface area contributed by atoms with E-state index in [0.29, 0.717) is 17.7 Å². The third kappa shape index (κ3) is 9.10. The van der Waals surface area contributed by atoms with E-state index in [1.165, 1.54) is 24.7 Å². The van der Waals surface area contributed by atoms with Crippen LogP contribution in [0, 0.1) is 5.92 Å². The molecule has 1 aromatic heterocycles. The molecule has 202 valence electrons. The number of aromatic nitrogens is 2. The average Bonchev–Trinajstić information content (AvgIpc) is 3.39. The van der Waals surface area contributed by atoms with Gasteiger partial charge in [0.25, 0.3) is 0 Å². The molecule has 8 N–H and O–H groups in total. The fraction of sp³-hybridized carbons (Fsp3) is 0.458. The number of nitrogens with one attached hydrogen (secondary N) is 4. The Morgan fingerprint density at radius 2 is 1.59 bits per heavy atom. The van der Waals surface area contributed by atoms with Crippen molar-refractivity contribution in [2.24, 2.45) is 11.7 Å². The zero-order valence-electron chi connectivity index (χ0n) is 20.7. The van der Waals surface area contributed by atoms with Gasteiger partial charge in [0.1, 0.15) is 23.9 Å². The third-order valence-corrected chi connectivity index (χ3v) is 6.34. The Labute approximate surface area is 220 Å². The van der Waals surface area contributed by atoms with Gasteiger partial charge in [-0.2, -0.15) is 12.6 Å². The predicted octanol–water partition coefficient (Wildman–Crippen LogP) is -0.257. The number of imidazole rings is 1. The Hall–Kier alpha value is -3.58. The molecule has 0 aliphatic rings. The molecule has 0 saturated carbocycles. The highest BCUT2D eigenvalue weighted by molar-refractivity contribution is 7.80. The maximum Gasteiger partial charge on any atom is 0.326 e. The fourth-order valence-corrected chi connectivity index (χ4v) is 3.67. The number of phenolic OH excluding ortho intramolecular Hbond substituents is 1. The summed E-state index contributed by atoms with van der Waals surface area (Å²) in [7, 11) is 0. The first-order valence-electron chi connectivity index (χ1n) is 11.8. The van der Waals surface area contributed by atoms with Gasteiger partial charge >= 0.3 is 5.97 Å². The zero-order chi connectivity index (χ0) is 27.5. The van der Waals surface area contributed by atoms with Crippen LogP contribution in [0.15, 0.2) is 36.8 Å². The number of aliphatic carboxylic acids is 1. The summed E-state index contributed by atoms with van der Waals surface area (Å²) in [5.74, 6) is -3.41. The van der Waals surface area contributed by atoms with Crippen molar-refractivity contribution in [1.29, 1.82) is 0 Å². The van der Waals surface area contributed by atoms with Crippen molar-refractivity contribution in [2.75, 3.05) is 5.75 Å². The van der Waals surface area contributed by atoms with E-state index in [0.717, 1.165) is 0 Å². The molecule has 3 amide bonds. The van der Waals surface area contributed by atoms with Gasteiger partial charge in [0, 0.05) is 30.5 Å². The van der Waals surface area contributed by atoms with Crippen LogP contribution >= 0.6 is 12.6 Å². The largest absolute Gasteiger partial charge is 0.508 e. The number of thiol groups is 1. The number of rotatable bonds is 14. The van der Waals surface area contributed by atoms with Gasteiger partial charge in [-0.15, -0.1) is 0 Å². The van der Waals surface area contributed by atoms with Gasteiger partial charge < -0.3 is 36.9 Å². The van der Waals surface area contributed by atoms with E-state index in [1.807, 2.05) is 13.8 Å². The molecule has 37 heavy (non-hydrogen) atoms. The van der Waals surface area contributed by atoms with Gasteiger partial charge in [0.05, 0.1) is 12.4 Å². The highest BCUT2D eigenvalue weighted by Gasteiger charge is 2.31. The maximum atomic E-state index is 13.2. The summed E-state index contributed by atoms with van der Waals surface area (Å²) < 4.78 is 0. The number of nitrogens with two attached hydrogens (primary N) is 1. The topological polar surface area (TPSA) is 200 Å². The first-order chi connectivity index (χ1) is 17.5. The summed E-state index contributed by atoms with van der Waals surface area (Å²) in [6.45, 7) is 3.72. The average molecular weight is 535 g/mol. The second kappa shape index (κ2) is 14.2. The smallest absolute Gasteiger partial charge is 0.326 e. The quantitative estimate of drug-likeness (QED) is 0.152. The number of benzene rings is 1. The number of carbonyl (C=O) groups excluding carboxylic acids is 3. The second-order valence-electron chi connectivity index (χ2n) is 8.77. The zero-order valence-corrected chi connectivity index (χ0v) is 21.6. The minimum Gasteiger partial charge on any atom is -0.508 e. The van der Waals surface area contributed by atoms with Crippen LogP contribution in [0.1, 0.15) is 31.5 Å². The Bertz CT molecular complexity index is 1050. The number of carbonyl (C=O) groups is 4. The summed E-state index contributed by atoms with van der Waals surface area (Å²) in [4.78, 5) is 57.0. The summed E-state index contributed by atoms with van der Waals surface area (Å²) in [6.07, 6.45) is 3.52. The normalized spacial score (nSPS) is 15.0. The molecule has 13 heteroatoms. The number of nitrogens with zero attached hydrogens (tertiary/aromatic N) is 1. The van der Waals surface area contributed by atoms with Crippen LogP contribution in [0.25, 0.3) is 0 Å². The minimum absolute atomic E-state index is 0.0403. The monoisotopic (exact) mass is 534 g/mol. The van der Waals surface area contributed by atoms with E-state index < -0.39 is 47.9 Å². The molecule has 0 radical (unpaired) electrons. The number of hydrogen-bond donors (Lipinski definition) is 8. The molecular weight excluding hydrogens is 500 g/mol. The van der Waals surface area contributed by atoms with E-state index in [9.17, 15) is 29.4 Å². The summed E-state index contributed by atoms with van der Waals surface area (Å²) in [5.41, 5.74) is 7.19. The number of H-pyrrole nitrogens is 1. The lowest BCUT2D eigenvalue weighted by atomic mass is 9.98. The lowest BCUT2D eigenvalue weighted by molar-refractivity contribution is -0.142. The van der Waals surface area contributed by atoms with Gasteiger partial charge in [-0.3, -0.25) is 14.4 Å². The molecule has 5 atom stereocenters. The minimum atomic E-state index is -1.27. The van der Waals surface area contributed by atoms with E-state index in [1.54, 1.807) is 12.1 Å². The molecule has 0 fully saturated rings. The summed E-state index contributed by atoms with van der Waals surface area (Å²) in [6, 6.07) is 1.72. The Morgan fingerprint density at radius 3 is 2.14 bits per heavy atom. The third-order valence-electron chi connectivity index (χ3n) is 5.98. The molecule has 1 heterocycles. The van der Waals surface area contributed by atoms with Crippen LogP contribution in [0.3, 0.4) is 0 Å². The van der Waals surface area contributed by atoms with Gasteiger partial charge in [0.15, 0.2) is 0 Å². The van der Waals surface area contributed by atoms with Crippen molar-refractivity contribution in [1.82, 2.24) is 25.9 Å². The molecule has 1 aromatic carbocycles. The molecule has 12 nitrogen and oxygen atoms in total. The summed E-state index contributed by atoms with van der Waals surface area (Å²) >= 11 is 4.14. The van der Waals surface area contributed by atoms with Gasteiger partial charge in [0.2, 0.25) is 17.7 Å². The SMILES string of the molecule is CCC(C)C(N)C(=O)NC(Cc1ccc(O)cc1)C(=O)NC(CS)C(=O)NC(Cc1cnc[nH]1)C(=O)O. The highest BCUT2D eigenvalue weighted by atomic mass is 32.1. The Balaban J connectivity index is 2.15. The predicted molar refractivity (Wildman–Crippen MR) is 139 cm³/mol. The molecule has 0 spiro atoms. The lowest BCUT2D eigenvalue weighted by Gasteiger charge is -2.25. The lowest BCUT2D eigenvalue weighted by Crippen LogP contribution is -2.58. The van der Waals surface area contributed by atoms with Crippen LogP contribution in [-0.4, -0.2) is 73.8 Å². The van der Waals surface area contributed by atoms with Crippen LogP contribution in [0.2, 0.25) is 0 Å². The number of phenols is 1. The molecule has 2 aromatic rings. The van der Waals surface area contributed by atoms with Crippen molar-refractivity contribution < 1.29 is 29.4 Å². The molecule has 0 saturated heterocycles. The van der Waals surface area contributed by atoms with Crippen LogP contribution in [0.4, 0.5) is 0 Å². The number of aromatic hydroxyl groups is 1. The van der Waals surface area contributed by atoms with Gasteiger partial charge in [-0.05, 0) is 23.6 Å². The van der Waals surface area contributed by atoms with E-state index >= 15 is 0 Å². The standard InChI is InChI=1S/C24H34N6O6S/c1-3-13(2)20(25)23(34)28-17(8-14-4-6-16(31)7-5-14)21(32)30-19(11-37)22(33)29-18(24(35)36)9-15-10-26-12-27-15/h4-7,10,12-13,17-20,31,37H,3,8-9,11,25H2,1-2H3,(H,26,27)(H,28,34)(H,29,33)(H,30,32)(H,35,36). The summed E-state index contributed by atoms with van der Waals surface area (Å²) in [5, 5.41) is 26.7. The Kier molecular flexibility index (Phi) is 11.4. The number of hydrogen-bond acceptors (Lipinski definition) is 8. The number of amides is 3. The van der Waals surface area contributed by atoms with Crippen molar-refractivity contribution >= 4 is 36.3 Å². The molecular formula is C24H34N6O6S. The Morgan fingerprint density at radius 1 is 1.00 bits per heavy atom. The van der Waals surface area contributed by atoms with Crippen molar-refractivity contribution in [3.05, 3.63) is 48.0 Å². The van der Waals surface area contributed by atoms with Crippen LogP contribution in [-0.2, 0) is 32.0 Å². The number of carboxylic acid groups (broad SMARTS) is 1. The van der Waals surface area contributed by atoms with Gasteiger partial charge in [-0.25, -0.2) is 9.78 Å². The molecule has 2 rings (SSSR count). The molecule has 0 bridgehead atoms. The van der Waals surface area contributed by atoms with Crippen LogP contribution in [0.5, 0.6) is 5.75 Å². The number of carboxylic acids is 1. The van der Waals surface area contributed by atoms with E-state index in [2.05, 4.69) is 38.5 Å². The van der Waals surface area contributed by atoms with Crippen molar-refractivity contribution in [2.45, 2.75) is 57.3 Å². The van der Waals surface area contributed by atoms with Crippen molar-refractivity contribution in [3.63, 3.8) is 0 Å². The maximum absolute atomic E-state index is 13.2. The second-order valence-corrected chi connectivity index (χ2v) is 9.13. The number of aromatic amines is 1. The first-order valence-corrected chi connectivity index (χ1v) is 12.4.